The molecule has 2 aromatic heterocycles. The fraction of sp³-hybridized carbons (Fsp3) is 0.448. The minimum atomic E-state index is -4.12. The Kier molecular flexibility index (Phi) is 15.1. The number of thiol groups is 1. The zero-order chi connectivity index (χ0) is 33.0. The highest BCUT2D eigenvalue weighted by Crippen LogP contribution is 2.30. The monoisotopic (exact) mass is 809 g/mol. The van der Waals surface area contributed by atoms with Gasteiger partial charge in [0.05, 0.1) is 11.1 Å². The van der Waals surface area contributed by atoms with Crippen molar-refractivity contribution in [2.45, 2.75) is 61.9 Å². The Hall–Kier alpha value is -2.18. The summed E-state index contributed by atoms with van der Waals surface area (Å²) in [6, 6.07) is 8.85. The molecule has 11 nitrogen and oxygen atoms in total. The lowest BCUT2D eigenvalue weighted by Crippen LogP contribution is -2.57. The van der Waals surface area contributed by atoms with Crippen LogP contribution >= 0.6 is 58.2 Å². The van der Waals surface area contributed by atoms with Crippen molar-refractivity contribution in [2.24, 2.45) is 5.92 Å². The summed E-state index contributed by atoms with van der Waals surface area (Å²) >= 11 is 13.1. The number of thiophene rings is 1. The third-order valence-electron chi connectivity index (χ3n) is 6.58. The molecule has 0 saturated carbocycles. The Balaban J connectivity index is 1.83. The summed E-state index contributed by atoms with van der Waals surface area (Å²) in [6.07, 6.45) is 2.88. The molecule has 0 radical (unpaired) electrons. The first-order chi connectivity index (χ1) is 21.4. The Labute approximate surface area is 291 Å². The second kappa shape index (κ2) is 18.2. The lowest BCUT2D eigenvalue weighted by molar-refractivity contribution is -0.132. The summed E-state index contributed by atoms with van der Waals surface area (Å²) in [5, 5.41) is 11.8. The topological polar surface area (TPSA) is 160 Å². The molecule has 0 fully saturated rings. The molecule has 3 aromatic rings. The number of rotatable bonds is 18. The van der Waals surface area contributed by atoms with Crippen molar-refractivity contribution in [1.82, 2.24) is 25.8 Å². The van der Waals surface area contributed by atoms with Crippen LogP contribution in [0.25, 0.3) is 10.6 Å². The summed E-state index contributed by atoms with van der Waals surface area (Å²) in [4.78, 5) is 40.5. The quantitative estimate of drug-likeness (QED) is 0.0563. The molecule has 16 heteroatoms. The van der Waals surface area contributed by atoms with Crippen LogP contribution in [0.3, 0.4) is 0 Å². The highest BCUT2D eigenvalue weighted by Gasteiger charge is 2.32. The molecule has 2 heterocycles. The summed E-state index contributed by atoms with van der Waals surface area (Å²) in [6.45, 7) is 4.28. The predicted octanol–water partition coefficient (Wildman–Crippen LogP) is 3.98. The van der Waals surface area contributed by atoms with Gasteiger partial charge in [0.1, 0.15) is 22.3 Å². The van der Waals surface area contributed by atoms with Gasteiger partial charge in [-0.05, 0) is 77.6 Å². The van der Waals surface area contributed by atoms with Crippen LogP contribution in [0, 0.1) is 9.49 Å². The number of halogens is 2. The van der Waals surface area contributed by atoms with Gasteiger partial charge in [-0.3, -0.25) is 14.4 Å². The van der Waals surface area contributed by atoms with Gasteiger partial charge in [0.15, 0.2) is 5.76 Å². The van der Waals surface area contributed by atoms with Crippen molar-refractivity contribution < 1.29 is 27.3 Å². The number of nitrogens with zero attached hydrogens (tertiary/aromatic N) is 1. The van der Waals surface area contributed by atoms with Crippen molar-refractivity contribution in [3.63, 3.8) is 0 Å². The Morgan fingerprint density at radius 1 is 0.978 bits per heavy atom. The van der Waals surface area contributed by atoms with E-state index in [2.05, 4.69) is 61.0 Å². The first-order valence-corrected chi connectivity index (χ1v) is 18.8. The first-order valence-electron chi connectivity index (χ1n) is 14.3. The zero-order valence-electron chi connectivity index (χ0n) is 24.8. The lowest BCUT2D eigenvalue weighted by atomic mass is 10.0. The molecule has 4 N–H and O–H groups in total. The molecule has 0 bridgehead atoms. The standard InChI is InChI=1S/C29H37ClIN5O6S3/c1-18(2)4-9-21(36-45(40,41)26-11-10-25(44-26)24-12-15-33-42-24)28(38)34-22(16-19-5-7-20(31)8-6-19)29(39)35-23(17-43)27(37)32-14-3-13-30/h5-8,10-12,15,18,21-23,36,43H,3-4,9,13-14,16-17H2,1-2H3,(H,32,37)(H,34,38)(H,35,39)/t21-,22-,23-/m0/s1. The summed E-state index contributed by atoms with van der Waals surface area (Å²) in [7, 11) is -4.12. The molecule has 1 aromatic carbocycles. The molecular weight excluding hydrogens is 773 g/mol. The van der Waals surface area contributed by atoms with Crippen LogP contribution in [0.15, 0.2) is 57.4 Å². The minimum Gasteiger partial charge on any atom is -0.355 e. The molecular formula is C29H37ClIN5O6S3. The smallest absolute Gasteiger partial charge is 0.250 e. The third kappa shape index (κ3) is 11.8. The molecule has 0 saturated heterocycles. The molecule has 3 rings (SSSR count). The van der Waals surface area contributed by atoms with Crippen LogP contribution < -0.4 is 20.7 Å². The Bertz CT molecular complexity index is 1500. The number of amides is 3. The number of benzene rings is 1. The Morgan fingerprint density at radius 2 is 1.67 bits per heavy atom. The van der Waals surface area contributed by atoms with Crippen LogP contribution in [0.2, 0.25) is 0 Å². The summed E-state index contributed by atoms with van der Waals surface area (Å²) < 4.78 is 35.5. The van der Waals surface area contributed by atoms with Crippen LogP contribution in [0.1, 0.15) is 38.7 Å². The number of carbonyl (C=O) groups is 3. The van der Waals surface area contributed by atoms with E-state index in [-0.39, 0.29) is 28.7 Å². The second-order valence-electron chi connectivity index (χ2n) is 10.6. The lowest BCUT2D eigenvalue weighted by Gasteiger charge is -2.25. The molecule has 0 spiro atoms. The van der Waals surface area contributed by atoms with Crippen LogP contribution in [-0.2, 0) is 30.8 Å². The summed E-state index contributed by atoms with van der Waals surface area (Å²) in [5.74, 6) is -0.683. The normalized spacial score (nSPS) is 13.6. The zero-order valence-corrected chi connectivity index (χ0v) is 30.2. The number of aromatic nitrogens is 1. The van der Waals surface area contributed by atoms with Gasteiger partial charge in [-0.2, -0.15) is 17.4 Å². The maximum Gasteiger partial charge on any atom is 0.250 e. The number of hydrogen-bond donors (Lipinski definition) is 5. The second-order valence-corrected chi connectivity index (χ2v) is 15.6. The van der Waals surface area contributed by atoms with Crippen molar-refractivity contribution in [3.8, 4) is 10.6 Å². The maximum atomic E-state index is 13.7. The van der Waals surface area contributed by atoms with E-state index in [0.717, 1.165) is 20.5 Å². The molecule has 3 amide bonds. The van der Waals surface area contributed by atoms with Crippen molar-refractivity contribution in [2.75, 3.05) is 18.2 Å². The summed E-state index contributed by atoms with van der Waals surface area (Å²) in [5.41, 5.74) is 0.766. The van der Waals surface area contributed by atoms with Crippen molar-refractivity contribution in [1.29, 1.82) is 0 Å². The fourth-order valence-electron chi connectivity index (χ4n) is 4.13. The van der Waals surface area contributed by atoms with Gasteiger partial charge in [-0.15, -0.1) is 22.9 Å². The van der Waals surface area contributed by atoms with E-state index in [0.29, 0.717) is 35.9 Å². The Morgan fingerprint density at radius 3 is 2.29 bits per heavy atom. The largest absolute Gasteiger partial charge is 0.355 e. The number of carbonyl (C=O) groups excluding carboxylic acids is 3. The highest BCUT2D eigenvalue weighted by atomic mass is 127. The van der Waals surface area contributed by atoms with Crippen LogP contribution in [0.4, 0.5) is 0 Å². The van der Waals surface area contributed by atoms with Gasteiger partial charge in [-0.25, -0.2) is 8.42 Å². The molecule has 3 atom stereocenters. The predicted molar refractivity (Wildman–Crippen MR) is 187 cm³/mol. The molecule has 0 unspecified atom stereocenters. The molecule has 0 aliphatic carbocycles. The van der Waals surface area contributed by atoms with E-state index in [4.69, 9.17) is 16.1 Å². The molecule has 0 aliphatic heterocycles. The van der Waals surface area contributed by atoms with Crippen molar-refractivity contribution >= 4 is 85.9 Å². The van der Waals surface area contributed by atoms with Gasteiger partial charge in [0.2, 0.25) is 17.7 Å². The van der Waals surface area contributed by atoms with Crippen LogP contribution in [-0.4, -0.2) is 67.6 Å². The maximum absolute atomic E-state index is 13.7. The van der Waals surface area contributed by atoms with Gasteiger partial charge < -0.3 is 20.5 Å². The number of sulfonamides is 1. The third-order valence-corrected chi connectivity index (χ3v) is 11.0. The molecule has 45 heavy (non-hydrogen) atoms. The fourth-order valence-corrected chi connectivity index (χ4v) is 7.40. The van der Waals surface area contributed by atoms with E-state index >= 15 is 0 Å². The molecule has 246 valence electrons. The molecule has 0 aliphatic rings. The van der Waals surface area contributed by atoms with Gasteiger partial charge >= 0.3 is 0 Å². The van der Waals surface area contributed by atoms with Crippen molar-refractivity contribution in [3.05, 3.63) is 57.8 Å². The minimum absolute atomic E-state index is 0.00114. The average Bonchev–Trinajstić information content (AvgIpc) is 3.72. The highest BCUT2D eigenvalue weighted by molar-refractivity contribution is 14.1. The van der Waals surface area contributed by atoms with Crippen LogP contribution in [0.5, 0.6) is 0 Å². The van der Waals surface area contributed by atoms with E-state index < -0.39 is 45.9 Å². The van der Waals surface area contributed by atoms with E-state index in [1.54, 1.807) is 12.1 Å². The number of hydrogen-bond acceptors (Lipinski definition) is 9. The van der Waals surface area contributed by atoms with E-state index in [1.807, 2.05) is 38.1 Å². The van der Waals surface area contributed by atoms with E-state index in [1.165, 1.54) is 12.3 Å². The van der Waals surface area contributed by atoms with E-state index in [9.17, 15) is 22.8 Å². The van der Waals surface area contributed by atoms with Gasteiger partial charge in [0, 0.05) is 34.2 Å². The SMILES string of the molecule is CC(C)CC[C@H](NS(=O)(=O)c1ccc(-c2ccno2)s1)C(=O)N[C@@H](Cc1ccc(I)cc1)C(=O)N[C@@H](CS)C(=O)NCCCCl. The van der Waals surface area contributed by atoms with Gasteiger partial charge in [-0.1, -0.05) is 31.1 Å². The number of alkyl halides is 1. The first kappa shape index (κ1) is 37.3. The van der Waals surface area contributed by atoms with Gasteiger partial charge in [0.25, 0.3) is 10.0 Å². The average molecular weight is 810 g/mol. The number of nitrogens with one attached hydrogen (secondary N) is 4.